The number of methoxy groups -OCH3 is 1. The molecule has 0 aliphatic rings. The van der Waals surface area contributed by atoms with Crippen molar-refractivity contribution in [3.05, 3.63) is 60.2 Å². The highest BCUT2D eigenvalue weighted by atomic mass is 16.5. The number of benzene rings is 1. The van der Waals surface area contributed by atoms with Crippen molar-refractivity contribution in [2.24, 2.45) is 0 Å². The molecular weight excluding hydrogens is 290 g/mol. The summed E-state index contributed by atoms with van der Waals surface area (Å²) in [7, 11) is 1.33. The highest BCUT2D eigenvalue weighted by Crippen LogP contribution is 2.10. The predicted octanol–water partition coefficient (Wildman–Crippen LogP) is 3.06. The molecule has 0 aliphatic heterocycles. The van der Waals surface area contributed by atoms with E-state index in [4.69, 9.17) is 0 Å². The summed E-state index contributed by atoms with van der Waals surface area (Å²) in [4.78, 5) is 25.3. The topological polar surface area (TPSA) is 46.6 Å². The number of esters is 1. The van der Waals surface area contributed by atoms with Crippen molar-refractivity contribution in [1.29, 1.82) is 0 Å². The molecule has 0 N–H and O–H groups in total. The summed E-state index contributed by atoms with van der Waals surface area (Å²) in [5, 5.41) is 0. The summed E-state index contributed by atoms with van der Waals surface area (Å²) in [6.45, 7) is 10.6. The second-order valence-electron chi connectivity index (χ2n) is 5.46. The van der Waals surface area contributed by atoms with Crippen molar-refractivity contribution in [1.82, 2.24) is 4.90 Å². The molecule has 4 heteroatoms. The van der Waals surface area contributed by atoms with Crippen molar-refractivity contribution >= 4 is 11.9 Å². The van der Waals surface area contributed by atoms with Crippen LogP contribution >= 0.6 is 0 Å². The Morgan fingerprint density at radius 3 is 2.43 bits per heavy atom. The normalized spacial score (nSPS) is 10.0. The maximum Gasteiger partial charge on any atom is 0.305 e. The molecule has 0 aromatic heterocycles. The molecule has 1 aromatic rings. The number of hydrogen-bond donors (Lipinski definition) is 0. The number of carbonyl (C=O) groups excluding carboxylic acids is 2. The first-order valence-electron chi connectivity index (χ1n) is 7.68. The highest BCUT2D eigenvalue weighted by molar-refractivity contribution is 5.93. The average molecular weight is 315 g/mol. The van der Waals surface area contributed by atoms with Crippen molar-refractivity contribution in [3.63, 3.8) is 0 Å². The standard InChI is InChI=1S/C19H25NO3/c1-5-13-20(14-12-17-9-6-15(2)7-10-17)19(22)16(3)8-11-18(21)23-4/h5-7,9-10H,1,3,8,11-14H2,2,4H3. The van der Waals surface area contributed by atoms with Gasteiger partial charge < -0.3 is 9.64 Å². The van der Waals surface area contributed by atoms with Crippen LogP contribution in [0, 0.1) is 6.92 Å². The third kappa shape index (κ3) is 6.51. The van der Waals surface area contributed by atoms with E-state index in [0.717, 1.165) is 6.42 Å². The van der Waals surface area contributed by atoms with E-state index in [-0.39, 0.29) is 18.3 Å². The fourth-order valence-corrected chi connectivity index (χ4v) is 2.14. The van der Waals surface area contributed by atoms with Crippen molar-refractivity contribution in [2.75, 3.05) is 20.2 Å². The van der Waals surface area contributed by atoms with Crippen LogP contribution < -0.4 is 0 Å². The van der Waals surface area contributed by atoms with Gasteiger partial charge in [-0.2, -0.15) is 0 Å². The van der Waals surface area contributed by atoms with Gasteiger partial charge in [0.05, 0.1) is 7.11 Å². The van der Waals surface area contributed by atoms with E-state index in [1.807, 2.05) is 6.92 Å². The molecule has 23 heavy (non-hydrogen) atoms. The SMILES string of the molecule is C=CCN(CCc1ccc(C)cc1)C(=O)C(=C)CCC(=O)OC. The lowest BCUT2D eigenvalue weighted by molar-refractivity contribution is -0.140. The molecule has 1 amide bonds. The maximum absolute atomic E-state index is 12.4. The first-order valence-corrected chi connectivity index (χ1v) is 7.68. The van der Waals surface area contributed by atoms with Gasteiger partial charge in [0, 0.05) is 25.1 Å². The summed E-state index contributed by atoms with van der Waals surface area (Å²) >= 11 is 0. The number of rotatable bonds is 9. The number of aryl methyl sites for hydroxylation is 1. The Labute approximate surface area is 138 Å². The molecule has 0 unspecified atom stereocenters. The molecule has 1 rings (SSSR count). The van der Waals surface area contributed by atoms with Gasteiger partial charge in [-0.15, -0.1) is 6.58 Å². The maximum atomic E-state index is 12.4. The summed E-state index contributed by atoms with van der Waals surface area (Å²) in [5.41, 5.74) is 2.81. The van der Waals surface area contributed by atoms with E-state index in [0.29, 0.717) is 25.1 Å². The van der Waals surface area contributed by atoms with Crippen LogP contribution in [0.2, 0.25) is 0 Å². The zero-order valence-electron chi connectivity index (χ0n) is 14.0. The second kappa shape index (κ2) is 9.62. The van der Waals surface area contributed by atoms with E-state index in [2.05, 4.69) is 42.2 Å². The zero-order valence-corrected chi connectivity index (χ0v) is 14.0. The molecule has 1 aromatic carbocycles. The van der Waals surface area contributed by atoms with E-state index < -0.39 is 0 Å². The number of ether oxygens (including phenoxy) is 1. The van der Waals surface area contributed by atoms with Gasteiger partial charge >= 0.3 is 5.97 Å². The third-order valence-corrected chi connectivity index (χ3v) is 3.59. The molecule has 0 fully saturated rings. The van der Waals surface area contributed by atoms with Crippen LogP contribution in [-0.2, 0) is 20.7 Å². The Morgan fingerprint density at radius 2 is 1.87 bits per heavy atom. The lowest BCUT2D eigenvalue weighted by Gasteiger charge is -2.22. The second-order valence-corrected chi connectivity index (χ2v) is 5.46. The molecule has 0 spiro atoms. The minimum Gasteiger partial charge on any atom is -0.469 e. The lowest BCUT2D eigenvalue weighted by atomic mass is 10.1. The van der Waals surface area contributed by atoms with Gasteiger partial charge in [0.2, 0.25) is 5.91 Å². The van der Waals surface area contributed by atoms with Crippen LogP contribution in [0.3, 0.4) is 0 Å². The fraction of sp³-hybridized carbons (Fsp3) is 0.368. The van der Waals surface area contributed by atoms with E-state index in [1.165, 1.54) is 18.2 Å². The molecule has 0 saturated carbocycles. The predicted molar refractivity (Wildman–Crippen MR) is 92.1 cm³/mol. The van der Waals surface area contributed by atoms with Gasteiger partial charge in [-0.1, -0.05) is 42.5 Å². The Bertz CT molecular complexity index is 560. The molecule has 0 saturated heterocycles. The zero-order chi connectivity index (χ0) is 17.2. The number of hydrogen-bond acceptors (Lipinski definition) is 3. The van der Waals surface area contributed by atoms with Gasteiger partial charge in [0.25, 0.3) is 0 Å². The molecule has 0 atom stereocenters. The van der Waals surface area contributed by atoms with E-state index in [9.17, 15) is 9.59 Å². The molecule has 0 heterocycles. The number of amides is 1. The van der Waals surface area contributed by atoms with Crippen LogP contribution in [0.4, 0.5) is 0 Å². The molecule has 0 radical (unpaired) electrons. The van der Waals surface area contributed by atoms with Gasteiger partial charge in [-0.25, -0.2) is 0 Å². The van der Waals surface area contributed by atoms with Crippen molar-refractivity contribution < 1.29 is 14.3 Å². The third-order valence-electron chi connectivity index (χ3n) is 3.59. The minimum atomic E-state index is -0.339. The highest BCUT2D eigenvalue weighted by Gasteiger charge is 2.16. The van der Waals surface area contributed by atoms with E-state index in [1.54, 1.807) is 11.0 Å². The largest absolute Gasteiger partial charge is 0.469 e. The fourth-order valence-electron chi connectivity index (χ4n) is 2.14. The molecular formula is C19H25NO3. The quantitative estimate of drug-likeness (QED) is 0.400. The van der Waals surface area contributed by atoms with E-state index >= 15 is 0 Å². The molecule has 0 bridgehead atoms. The molecule has 0 aliphatic carbocycles. The number of nitrogens with zero attached hydrogens (tertiary/aromatic N) is 1. The Morgan fingerprint density at radius 1 is 1.22 bits per heavy atom. The van der Waals surface area contributed by atoms with Gasteiger partial charge in [-0.3, -0.25) is 9.59 Å². The summed E-state index contributed by atoms with van der Waals surface area (Å²) in [5.74, 6) is -0.477. The van der Waals surface area contributed by atoms with Crippen molar-refractivity contribution in [3.8, 4) is 0 Å². The van der Waals surface area contributed by atoms with Gasteiger partial charge in [0.1, 0.15) is 0 Å². The van der Waals surface area contributed by atoms with Crippen LogP contribution in [0.15, 0.2) is 49.1 Å². The summed E-state index contributed by atoms with van der Waals surface area (Å²) in [6.07, 6.45) is 2.94. The van der Waals surface area contributed by atoms with Crippen LogP contribution in [0.1, 0.15) is 24.0 Å². The van der Waals surface area contributed by atoms with Crippen LogP contribution in [0.25, 0.3) is 0 Å². The van der Waals surface area contributed by atoms with Crippen LogP contribution in [-0.4, -0.2) is 37.0 Å². The van der Waals surface area contributed by atoms with Crippen molar-refractivity contribution in [2.45, 2.75) is 26.2 Å². The monoisotopic (exact) mass is 315 g/mol. The average Bonchev–Trinajstić information content (AvgIpc) is 2.56. The summed E-state index contributed by atoms with van der Waals surface area (Å²) in [6, 6.07) is 8.25. The van der Waals surface area contributed by atoms with Crippen LogP contribution in [0.5, 0.6) is 0 Å². The molecule has 124 valence electrons. The first-order chi connectivity index (χ1) is 11.0. The Hall–Kier alpha value is -2.36. The lowest BCUT2D eigenvalue weighted by Crippen LogP contribution is -2.34. The first kappa shape index (κ1) is 18.7. The van der Waals surface area contributed by atoms with Gasteiger partial charge in [-0.05, 0) is 25.3 Å². The minimum absolute atomic E-state index is 0.138. The Kier molecular flexibility index (Phi) is 7.81. The van der Waals surface area contributed by atoms with Gasteiger partial charge in [0.15, 0.2) is 0 Å². The summed E-state index contributed by atoms with van der Waals surface area (Å²) < 4.78 is 4.58. The molecule has 4 nitrogen and oxygen atoms in total. The smallest absolute Gasteiger partial charge is 0.305 e. The Balaban J connectivity index is 2.59. The number of carbonyl (C=O) groups is 2.